The Bertz CT molecular complexity index is 994. The lowest BCUT2D eigenvalue weighted by Gasteiger charge is -2.16. The highest BCUT2D eigenvalue weighted by atomic mass is 16.3. The van der Waals surface area contributed by atoms with Crippen LogP contribution in [-0.4, -0.2) is 23.6 Å². The minimum absolute atomic E-state index is 0.159. The molecule has 28 heavy (non-hydrogen) atoms. The predicted molar refractivity (Wildman–Crippen MR) is 104 cm³/mol. The maximum Gasteiger partial charge on any atom is 0.287 e. The molecule has 1 aromatic heterocycles. The largest absolute Gasteiger partial charge is 0.468 e. The van der Waals surface area contributed by atoms with E-state index in [1.54, 1.807) is 6.92 Å². The van der Waals surface area contributed by atoms with Gasteiger partial charge in [0.1, 0.15) is 18.1 Å². The van der Waals surface area contributed by atoms with Gasteiger partial charge in [-0.3, -0.25) is 14.4 Å². The second-order valence-corrected chi connectivity index (χ2v) is 6.39. The monoisotopic (exact) mass is 376 g/mol. The first-order valence-electron chi connectivity index (χ1n) is 8.79. The highest BCUT2D eigenvalue weighted by Gasteiger charge is 2.28. The lowest BCUT2D eigenvalue weighted by Crippen LogP contribution is -2.47. The first kappa shape index (κ1) is 19.1. The Hall–Kier alpha value is -3.67. The fraction of sp³-hybridized carbons (Fsp3) is 0.136. The topological polar surface area (TPSA) is 102 Å². The van der Waals surface area contributed by atoms with Crippen molar-refractivity contribution in [2.24, 2.45) is 5.73 Å². The molecular weight excluding hydrogens is 356 g/mol. The van der Waals surface area contributed by atoms with Gasteiger partial charge in [-0.2, -0.15) is 0 Å². The molecule has 0 spiro atoms. The number of rotatable bonds is 7. The number of primary amides is 1. The number of furan rings is 1. The minimum Gasteiger partial charge on any atom is -0.468 e. The Labute approximate surface area is 162 Å². The van der Waals surface area contributed by atoms with Crippen LogP contribution >= 0.6 is 0 Å². The molecule has 3 N–H and O–H groups in total. The molecule has 0 aliphatic heterocycles. The number of ketones is 1. The number of aryl methyl sites for hydroxylation is 1. The van der Waals surface area contributed by atoms with Gasteiger partial charge < -0.3 is 15.5 Å². The van der Waals surface area contributed by atoms with E-state index in [0.717, 1.165) is 11.1 Å². The van der Waals surface area contributed by atoms with Crippen LogP contribution in [0.4, 0.5) is 0 Å². The summed E-state index contributed by atoms with van der Waals surface area (Å²) >= 11 is 0. The van der Waals surface area contributed by atoms with E-state index >= 15 is 0 Å². The third-order valence-corrected chi connectivity index (χ3v) is 4.43. The van der Waals surface area contributed by atoms with Crippen LogP contribution in [0.3, 0.4) is 0 Å². The van der Waals surface area contributed by atoms with Crippen molar-refractivity contribution in [1.82, 2.24) is 5.32 Å². The molecule has 0 bridgehead atoms. The van der Waals surface area contributed by atoms with Crippen LogP contribution in [-0.2, 0) is 16.0 Å². The van der Waals surface area contributed by atoms with Crippen molar-refractivity contribution in [3.8, 4) is 11.1 Å². The first-order chi connectivity index (χ1) is 13.5. The molecule has 1 atom stereocenters. The minimum atomic E-state index is -1.09. The molecule has 142 valence electrons. The zero-order chi connectivity index (χ0) is 20.1. The van der Waals surface area contributed by atoms with Gasteiger partial charge in [-0.15, -0.1) is 0 Å². The summed E-state index contributed by atoms with van der Waals surface area (Å²) in [5, 5.41) is 2.64. The van der Waals surface area contributed by atoms with Gasteiger partial charge in [0.25, 0.3) is 11.8 Å². The van der Waals surface area contributed by atoms with Gasteiger partial charge >= 0.3 is 0 Å². The van der Waals surface area contributed by atoms with Gasteiger partial charge in [0.15, 0.2) is 0 Å². The van der Waals surface area contributed by atoms with Gasteiger partial charge in [-0.25, -0.2) is 0 Å². The third kappa shape index (κ3) is 4.17. The number of hydrogen-bond donors (Lipinski definition) is 2. The van der Waals surface area contributed by atoms with Crippen molar-refractivity contribution in [2.75, 3.05) is 0 Å². The summed E-state index contributed by atoms with van der Waals surface area (Å²) in [6.45, 7) is 1.76. The van der Waals surface area contributed by atoms with E-state index in [1.165, 1.54) is 6.26 Å². The third-order valence-electron chi connectivity index (χ3n) is 4.43. The van der Waals surface area contributed by atoms with Crippen LogP contribution < -0.4 is 11.1 Å². The SMILES string of the molecule is Cc1occ(C(=O)NC(Cc2ccccc2)C(=O)C(N)=O)c1-c1ccccc1. The van der Waals surface area contributed by atoms with Crippen molar-refractivity contribution in [3.63, 3.8) is 0 Å². The fourth-order valence-corrected chi connectivity index (χ4v) is 3.05. The van der Waals surface area contributed by atoms with Gasteiger partial charge in [-0.1, -0.05) is 60.7 Å². The van der Waals surface area contributed by atoms with Crippen molar-refractivity contribution < 1.29 is 18.8 Å². The van der Waals surface area contributed by atoms with Crippen molar-refractivity contribution in [1.29, 1.82) is 0 Å². The van der Waals surface area contributed by atoms with Crippen LogP contribution in [0.15, 0.2) is 71.3 Å². The first-order valence-corrected chi connectivity index (χ1v) is 8.79. The van der Waals surface area contributed by atoms with E-state index in [2.05, 4.69) is 5.32 Å². The van der Waals surface area contributed by atoms with Gasteiger partial charge in [0.2, 0.25) is 5.78 Å². The molecule has 0 saturated carbocycles. The zero-order valence-corrected chi connectivity index (χ0v) is 15.3. The van der Waals surface area contributed by atoms with Crippen LogP contribution in [0.25, 0.3) is 11.1 Å². The maximum atomic E-state index is 12.9. The molecule has 0 saturated heterocycles. The summed E-state index contributed by atoms with van der Waals surface area (Å²) in [6.07, 6.45) is 1.51. The molecule has 0 fully saturated rings. The number of nitrogens with one attached hydrogen (secondary N) is 1. The molecule has 6 heteroatoms. The number of carbonyl (C=O) groups is 3. The molecule has 0 aliphatic rings. The molecule has 3 aromatic rings. The van der Waals surface area contributed by atoms with E-state index in [4.69, 9.17) is 10.2 Å². The predicted octanol–water partition coefficient (Wildman–Crippen LogP) is 2.65. The van der Waals surface area contributed by atoms with Gasteiger partial charge in [0.05, 0.1) is 5.56 Å². The smallest absolute Gasteiger partial charge is 0.287 e. The van der Waals surface area contributed by atoms with Gasteiger partial charge in [-0.05, 0) is 18.1 Å². The second kappa shape index (κ2) is 8.35. The molecule has 2 amide bonds. The van der Waals surface area contributed by atoms with Crippen LogP contribution in [0, 0.1) is 6.92 Å². The average Bonchev–Trinajstić information content (AvgIpc) is 3.09. The van der Waals surface area contributed by atoms with Crippen molar-refractivity contribution in [3.05, 3.63) is 83.8 Å². The summed E-state index contributed by atoms with van der Waals surface area (Å²) in [7, 11) is 0. The Balaban J connectivity index is 1.89. The lowest BCUT2D eigenvalue weighted by molar-refractivity contribution is -0.137. The second-order valence-electron chi connectivity index (χ2n) is 6.39. The lowest BCUT2D eigenvalue weighted by atomic mass is 9.99. The average molecular weight is 376 g/mol. The van der Waals surface area contributed by atoms with Crippen molar-refractivity contribution in [2.45, 2.75) is 19.4 Å². The van der Waals surface area contributed by atoms with Crippen molar-refractivity contribution >= 4 is 17.6 Å². The number of carbonyl (C=O) groups excluding carboxylic acids is 3. The zero-order valence-electron chi connectivity index (χ0n) is 15.3. The Morgan fingerprint density at radius 2 is 1.61 bits per heavy atom. The summed E-state index contributed by atoms with van der Waals surface area (Å²) in [5.74, 6) is -1.87. The number of Topliss-reactive ketones (excluding diaryl/α,β-unsaturated/α-hetero) is 1. The van der Waals surface area contributed by atoms with E-state index in [1.807, 2.05) is 60.7 Å². The van der Waals surface area contributed by atoms with Crippen LogP contribution in [0.5, 0.6) is 0 Å². The molecule has 1 unspecified atom stereocenters. The summed E-state index contributed by atoms with van der Waals surface area (Å²) < 4.78 is 5.44. The Kier molecular flexibility index (Phi) is 5.69. The molecule has 1 heterocycles. The number of nitrogens with two attached hydrogens (primary N) is 1. The molecule has 0 radical (unpaired) electrons. The standard InChI is InChI=1S/C22H20N2O4/c1-14-19(16-10-6-3-7-11-16)17(13-28-14)22(27)24-18(20(25)21(23)26)12-15-8-4-2-5-9-15/h2-11,13,18H,12H2,1H3,(H2,23,26)(H,24,27). The van der Waals surface area contributed by atoms with Crippen LogP contribution in [0.2, 0.25) is 0 Å². The Morgan fingerprint density at radius 3 is 2.21 bits per heavy atom. The molecule has 0 aliphatic carbocycles. The molecule has 6 nitrogen and oxygen atoms in total. The number of amides is 2. The normalized spacial score (nSPS) is 11.6. The highest BCUT2D eigenvalue weighted by Crippen LogP contribution is 2.29. The molecular formula is C22H20N2O4. The summed E-state index contributed by atoms with van der Waals surface area (Å²) in [6, 6.07) is 17.4. The van der Waals surface area contributed by atoms with Crippen LogP contribution in [0.1, 0.15) is 21.7 Å². The molecule has 2 aromatic carbocycles. The Morgan fingerprint density at radius 1 is 1.00 bits per heavy atom. The number of hydrogen-bond acceptors (Lipinski definition) is 4. The summed E-state index contributed by atoms with van der Waals surface area (Å²) in [5.41, 5.74) is 7.72. The number of benzene rings is 2. The molecule has 3 rings (SSSR count). The summed E-state index contributed by atoms with van der Waals surface area (Å²) in [4.78, 5) is 36.6. The quantitative estimate of drug-likeness (QED) is 0.619. The highest BCUT2D eigenvalue weighted by molar-refractivity contribution is 6.38. The van der Waals surface area contributed by atoms with E-state index < -0.39 is 23.6 Å². The van der Waals surface area contributed by atoms with E-state index in [-0.39, 0.29) is 6.42 Å². The van der Waals surface area contributed by atoms with Gasteiger partial charge in [0, 0.05) is 12.0 Å². The van der Waals surface area contributed by atoms with E-state index in [0.29, 0.717) is 16.9 Å². The van der Waals surface area contributed by atoms with E-state index in [9.17, 15) is 14.4 Å². The maximum absolute atomic E-state index is 12.9. The fourth-order valence-electron chi connectivity index (χ4n) is 3.05.